The Bertz CT molecular complexity index is 685. The van der Waals surface area contributed by atoms with E-state index >= 15 is 0 Å². The minimum atomic E-state index is -0.000257. The van der Waals surface area contributed by atoms with Crippen molar-refractivity contribution in [1.82, 2.24) is 15.6 Å². The highest BCUT2D eigenvalue weighted by molar-refractivity contribution is 9.10. The summed E-state index contributed by atoms with van der Waals surface area (Å²) in [5.41, 5.74) is 2.42. The van der Waals surface area contributed by atoms with Crippen molar-refractivity contribution in [2.24, 2.45) is 0 Å². The number of nitrogens with zero attached hydrogens (tertiary/aromatic N) is 1. The van der Waals surface area contributed by atoms with Gasteiger partial charge in [-0.3, -0.25) is 9.78 Å². The Morgan fingerprint density at radius 2 is 1.96 bits per heavy atom. The molecule has 2 N–H and O–H groups in total. The van der Waals surface area contributed by atoms with Gasteiger partial charge in [0.15, 0.2) is 0 Å². The molecule has 0 aliphatic carbocycles. The second-order valence-electron chi connectivity index (χ2n) is 5.47. The van der Waals surface area contributed by atoms with Crippen molar-refractivity contribution >= 4 is 57.6 Å². The molecule has 2 aromatic rings. The molecular formula is C16H20BrCl2N3O. The van der Waals surface area contributed by atoms with Gasteiger partial charge in [-0.2, -0.15) is 0 Å². The summed E-state index contributed by atoms with van der Waals surface area (Å²) in [5.74, 6) is -0.000257. The number of benzene rings is 1. The Kier molecular flexibility index (Phi) is 7.74. The van der Waals surface area contributed by atoms with Gasteiger partial charge in [0, 0.05) is 21.6 Å². The Labute approximate surface area is 156 Å². The molecule has 2 heterocycles. The maximum Gasteiger partial charge on any atom is 0.252 e. The lowest BCUT2D eigenvalue weighted by Crippen LogP contribution is -2.42. The molecule has 3 rings (SSSR count). The lowest BCUT2D eigenvalue weighted by Gasteiger charge is -2.24. The molecule has 1 amide bonds. The Morgan fingerprint density at radius 1 is 1.26 bits per heavy atom. The number of hydrogen-bond donors (Lipinski definition) is 2. The van der Waals surface area contributed by atoms with E-state index in [1.165, 1.54) is 0 Å². The third kappa shape index (κ3) is 4.80. The number of halogens is 3. The number of nitrogens with one attached hydrogen (secondary N) is 2. The minimum Gasteiger partial charge on any atom is -0.349 e. The molecular weight excluding hydrogens is 401 g/mol. The molecule has 1 aliphatic heterocycles. The van der Waals surface area contributed by atoms with Gasteiger partial charge < -0.3 is 10.6 Å². The van der Waals surface area contributed by atoms with E-state index in [1.807, 2.05) is 31.2 Å². The zero-order valence-electron chi connectivity index (χ0n) is 12.8. The highest BCUT2D eigenvalue weighted by Gasteiger charge is 2.18. The number of carbonyl (C=O) groups is 1. The summed E-state index contributed by atoms with van der Waals surface area (Å²) in [6.07, 6.45) is 1.97. The molecule has 0 atom stereocenters. The van der Waals surface area contributed by atoms with Gasteiger partial charge in [-0.15, -0.1) is 24.8 Å². The zero-order chi connectivity index (χ0) is 14.8. The average Bonchev–Trinajstić information content (AvgIpc) is 2.47. The van der Waals surface area contributed by atoms with Gasteiger partial charge in [0.05, 0.1) is 11.1 Å². The van der Waals surface area contributed by atoms with Crippen molar-refractivity contribution in [3.8, 4) is 0 Å². The number of piperidine rings is 1. The first-order valence-corrected chi connectivity index (χ1v) is 8.01. The first kappa shape index (κ1) is 20.2. The van der Waals surface area contributed by atoms with Gasteiger partial charge in [-0.25, -0.2) is 0 Å². The molecule has 4 nitrogen and oxygen atoms in total. The summed E-state index contributed by atoms with van der Waals surface area (Å²) < 4.78 is 0.970. The van der Waals surface area contributed by atoms with Crippen molar-refractivity contribution in [3.05, 3.63) is 40.0 Å². The Morgan fingerprint density at radius 3 is 2.65 bits per heavy atom. The molecule has 0 unspecified atom stereocenters. The van der Waals surface area contributed by atoms with Gasteiger partial charge >= 0.3 is 0 Å². The van der Waals surface area contributed by atoms with Gasteiger partial charge in [0.2, 0.25) is 0 Å². The summed E-state index contributed by atoms with van der Waals surface area (Å²) in [6, 6.07) is 7.97. The molecule has 1 fully saturated rings. The van der Waals surface area contributed by atoms with Crippen LogP contribution in [0.4, 0.5) is 0 Å². The van der Waals surface area contributed by atoms with Crippen molar-refractivity contribution in [1.29, 1.82) is 0 Å². The predicted octanol–water partition coefficient (Wildman–Crippen LogP) is 3.63. The maximum absolute atomic E-state index is 12.6. The first-order chi connectivity index (χ1) is 10.1. The van der Waals surface area contributed by atoms with E-state index in [9.17, 15) is 4.79 Å². The average molecular weight is 421 g/mol. The molecule has 1 aromatic heterocycles. The third-order valence-corrected chi connectivity index (χ3v) is 4.31. The summed E-state index contributed by atoms with van der Waals surface area (Å²) in [7, 11) is 0. The standard InChI is InChI=1S/C16H18BrN3O.2ClH/c1-10-8-14(13-3-2-11(17)9-15(13)19-10)16(21)20-12-4-6-18-7-5-12;;/h2-3,8-9,12,18H,4-7H2,1H3,(H,20,21);2*1H. The normalized spacial score (nSPS) is 14.7. The highest BCUT2D eigenvalue weighted by atomic mass is 79.9. The molecule has 1 aromatic carbocycles. The van der Waals surface area contributed by atoms with Crippen LogP contribution in [0.5, 0.6) is 0 Å². The van der Waals surface area contributed by atoms with Crippen LogP contribution in [0.1, 0.15) is 28.9 Å². The molecule has 126 valence electrons. The summed E-state index contributed by atoms with van der Waals surface area (Å²) >= 11 is 3.45. The van der Waals surface area contributed by atoms with E-state index in [0.29, 0.717) is 5.56 Å². The third-order valence-electron chi connectivity index (χ3n) is 3.82. The van der Waals surface area contributed by atoms with Crippen molar-refractivity contribution < 1.29 is 4.79 Å². The number of aryl methyl sites for hydroxylation is 1. The first-order valence-electron chi connectivity index (χ1n) is 7.22. The van der Waals surface area contributed by atoms with E-state index < -0.39 is 0 Å². The molecule has 0 radical (unpaired) electrons. The number of carbonyl (C=O) groups excluding carboxylic acids is 1. The van der Waals surface area contributed by atoms with Crippen LogP contribution in [-0.2, 0) is 0 Å². The number of rotatable bonds is 2. The van der Waals surface area contributed by atoms with Crippen molar-refractivity contribution in [2.75, 3.05) is 13.1 Å². The summed E-state index contributed by atoms with van der Waals surface area (Å²) in [5, 5.41) is 7.36. The van der Waals surface area contributed by atoms with E-state index in [-0.39, 0.29) is 36.8 Å². The van der Waals surface area contributed by atoms with Crippen LogP contribution in [0.2, 0.25) is 0 Å². The van der Waals surface area contributed by atoms with Crippen molar-refractivity contribution in [3.63, 3.8) is 0 Å². The van der Waals surface area contributed by atoms with Gasteiger partial charge in [-0.05, 0) is 51.1 Å². The van der Waals surface area contributed by atoms with Crippen LogP contribution in [0.15, 0.2) is 28.7 Å². The van der Waals surface area contributed by atoms with Crippen LogP contribution in [0.25, 0.3) is 10.9 Å². The molecule has 7 heteroatoms. The second kappa shape index (κ2) is 8.83. The Balaban J connectivity index is 0.00000132. The van der Waals surface area contributed by atoms with Gasteiger partial charge in [-0.1, -0.05) is 22.0 Å². The minimum absolute atomic E-state index is 0. The van der Waals surface area contributed by atoms with E-state index in [0.717, 1.165) is 47.0 Å². The molecule has 0 bridgehead atoms. The van der Waals surface area contributed by atoms with E-state index in [1.54, 1.807) is 0 Å². The van der Waals surface area contributed by atoms with Crippen molar-refractivity contribution in [2.45, 2.75) is 25.8 Å². The van der Waals surface area contributed by atoms with Crippen LogP contribution < -0.4 is 10.6 Å². The largest absolute Gasteiger partial charge is 0.349 e. The number of fused-ring (bicyclic) bond motifs is 1. The zero-order valence-corrected chi connectivity index (χ0v) is 16.0. The molecule has 1 aliphatic rings. The maximum atomic E-state index is 12.6. The number of amides is 1. The summed E-state index contributed by atoms with van der Waals surface area (Å²) in [6.45, 7) is 3.85. The fourth-order valence-electron chi connectivity index (χ4n) is 2.75. The highest BCUT2D eigenvalue weighted by Crippen LogP contribution is 2.22. The molecule has 23 heavy (non-hydrogen) atoms. The predicted molar refractivity (Wildman–Crippen MR) is 102 cm³/mol. The molecule has 1 saturated heterocycles. The van der Waals surface area contributed by atoms with Crippen LogP contribution in [-0.4, -0.2) is 30.0 Å². The topological polar surface area (TPSA) is 54.0 Å². The summed E-state index contributed by atoms with van der Waals surface area (Å²) in [4.78, 5) is 17.1. The van der Waals surface area contributed by atoms with E-state index in [2.05, 4.69) is 31.5 Å². The van der Waals surface area contributed by atoms with Crippen LogP contribution >= 0.6 is 40.7 Å². The quantitative estimate of drug-likeness (QED) is 0.779. The lowest BCUT2D eigenvalue weighted by molar-refractivity contribution is 0.0931. The SMILES string of the molecule is Cc1cc(C(=O)NC2CCNCC2)c2ccc(Br)cc2n1.Cl.Cl. The van der Waals surface area contributed by atoms with E-state index in [4.69, 9.17) is 0 Å². The lowest BCUT2D eigenvalue weighted by atomic mass is 10.0. The Hall–Kier alpha value is -0.880. The molecule has 0 spiro atoms. The van der Waals surface area contributed by atoms with Crippen LogP contribution in [0.3, 0.4) is 0 Å². The second-order valence-corrected chi connectivity index (χ2v) is 6.39. The van der Waals surface area contributed by atoms with Crippen LogP contribution in [0, 0.1) is 6.92 Å². The fourth-order valence-corrected chi connectivity index (χ4v) is 3.10. The van der Waals surface area contributed by atoms with Gasteiger partial charge in [0.25, 0.3) is 5.91 Å². The molecule has 0 saturated carbocycles. The number of hydrogen-bond acceptors (Lipinski definition) is 3. The monoisotopic (exact) mass is 419 g/mol. The van der Waals surface area contributed by atoms with Gasteiger partial charge in [0.1, 0.15) is 0 Å². The number of aromatic nitrogens is 1. The number of pyridine rings is 1. The smallest absolute Gasteiger partial charge is 0.252 e. The fraction of sp³-hybridized carbons (Fsp3) is 0.375.